The molecule has 0 spiro atoms. The quantitative estimate of drug-likeness (QED) is 0.209. The van der Waals surface area contributed by atoms with E-state index in [-0.39, 0.29) is 23.6 Å². The van der Waals surface area contributed by atoms with Gasteiger partial charge in [-0.05, 0) is 42.0 Å². The molecule has 188 valence electrons. The molecule has 0 radical (unpaired) electrons. The Morgan fingerprint density at radius 1 is 1.26 bits per heavy atom. The molecule has 1 heterocycles. The van der Waals surface area contributed by atoms with E-state index in [0.717, 1.165) is 13.2 Å². The molecular formula is C23H29ClF3N3O4. The Morgan fingerprint density at radius 3 is 2.44 bits per heavy atom. The van der Waals surface area contributed by atoms with Crippen LogP contribution in [-0.2, 0) is 19.7 Å². The first kappa shape index (κ1) is 27.5. The summed E-state index contributed by atoms with van der Waals surface area (Å²) in [6, 6.07) is 1.73. The highest BCUT2D eigenvalue weighted by Gasteiger charge is 2.48. The maximum absolute atomic E-state index is 13.9. The largest absolute Gasteiger partial charge is 0.475 e. The molecule has 2 atom stereocenters. The van der Waals surface area contributed by atoms with Crippen molar-refractivity contribution in [2.75, 3.05) is 7.11 Å². The molecule has 7 nitrogen and oxygen atoms in total. The summed E-state index contributed by atoms with van der Waals surface area (Å²) in [6.45, 7) is 5.59. The number of rotatable bonds is 8. The molecule has 34 heavy (non-hydrogen) atoms. The van der Waals surface area contributed by atoms with Gasteiger partial charge in [-0.1, -0.05) is 38.8 Å². The standard InChI is InChI=1S/C23H29ClF3N3O4/c1-22(2,3)14-11-17-12(10-15(14)24)9-13(19(34-17)23(25,26)27)20(31)30-16(21(32)33-4)7-5-6-8-18(28)29/h9-11,16,19H,5-8H2,1-4H3,(H3,28,29)(H,30,31)/t16-,19-/m0/s1. The molecule has 1 amide bonds. The van der Waals surface area contributed by atoms with Crippen molar-refractivity contribution in [3.63, 3.8) is 0 Å². The molecule has 1 aliphatic heterocycles. The molecule has 0 saturated carbocycles. The van der Waals surface area contributed by atoms with Gasteiger partial charge in [-0.3, -0.25) is 10.2 Å². The van der Waals surface area contributed by atoms with Gasteiger partial charge in [0.1, 0.15) is 11.8 Å². The molecule has 0 aromatic heterocycles. The molecule has 4 N–H and O–H groups in total. The summed E-state index contributed by atoms with van der Waals surface area (Å²) >= 11 is 6.34. The fourth-order valence-electron chi connectivity index (χ4n) is 3.52. The predicted molar refractivity (Wildman–Crippen MR) is 123 cm³/mol. The number of carbonyl (C=O) groups excluding carboxylic acids is 2. The van der Waals surface area contributed by atoms with Gasteiger partial charge in [0.25, 0.3) is 5.91 Å². The predicted octanol–water partition coefficient (Wildman–Crippen LogP) is 4.50. The minimum Gasteiger partial charge on any atom is -0.475 e. The molecule has 1 aromatic carbocycles. The SMILES string of the molecule is COC(=O)[C@H](CCCCC(=N)N)NC(=O)C1=Cc2cc(Cl)c(C(C)(C)C)cc2O[C@@H]1C(F)(F)F. The van der Waals surface area contributed by atoms with Crippen molar-refractivity contribution < 1.29 is 32.2 Å². The van der Waals surface area contributed by atoms with Crippen LogP contribution in [0, 0.1) is 5.41 Å². The van der Waals surface area contributed by atoms with E-state index >= 15 is 0 Å². The maximum Gasteiger partial charge on any atom is 0.429 e. The molecule has 0 bridgehead atoms. The van der Waals surface area contributed by atoms with Gasteiger partial charge in [-0.2, -0.15) is 13.2 Å². The first-order chi connectivity index (χ1) is 15.6. The van der Waals surface area contributed by atoms with Crippen molar-refractivity contribution in [3.05, 3.63) is 33.9 Å². The Hall–Kier alpha value is -2.75. The molecule has 0 aliphatic carbocycles. The van der Waals surface area contributed by atoms with Crippen molar-refractivity contribution in [1.82, 2.24) is 5.32 Å². The van der Waals surface area contributed by atoms with Gasteiger partial charge in [0, 0.05) is 17.0 Å². The van der Waals surface area contributed by atoms with Gasteiger partial charge >= 0.3 is 12.1 Å². The topological polar surface area (TPSA) is 115 Å². The summed E-state index contributed by atoms with van der Waals surface area (Å²) in [5, 5.41) is 9.89. The summed E-state index contributed by atoms with van der Waals surface area (Å²) in [6.07, 6.45) is -5.06. The van der Waals surface area contributed by atoms with Crippen molar-refractivity contribution >= 4 is 35.4 Å². The van der Waals surface area contributed by atoms with Gasteiger partial charge < -0.3 is 20.5 Å². The highest BCUT2D eigenvalue weighted by molar-refractivity contribution is 6.31. The first-order valence-corrected chi connectivity index (χ1v) is 11.0. The number of unbranched alkanes of at least 4 members (excludes halogenated alkanes) is 1. The van der Waals surface area contributed by atoms with E-state index in [9.17, 15) is 22.8 Å². The van der Waals surface area contributed by atoms with Gasteiger partial charge in [-0.25, -0.2) is 4.79 Å². The molecule has 0 unspecified atom stereocenters. The second-order valence-electron chi connectivity index (χ2n) is 9.08. The van der Waals surface area contributed by atoms with Crippen LogP contribution in [0.2, 0.25) is 5.02 Å². The lowest BCUT2D eigenvalue weighted by molar-refractivity contribution is -0.185. The average Bonchev–Trinajstić information content (AvgIpc) is 2.72. The lowest BCUT2D eigenvalue weighted by atomic mass is 9.85. The second kappa shape index (κ2) is 10.7. The first-order valence-electron chi connectivity index (χ1n) is 10.7. The van der Waals surface area contributed by atoms with E-state index in [1.54, 1.807) is 0 Å². The molecule has 1 aromatic rings. The third kappa shape index (κ3) is 6.88. The summed E-state index contributed by atoms with van der Waals surface area (Å²) in [5.41, 5.74) is 4.98. The average molecular weight is 504 g/mol. The number of nitrogens with two attached hydrogens (primary N) is 1. The van der Waals surface area contributed by atoms with Crippen LogP contribution < -0.4 is 15.8 Å². The monoisotopic (exact) mass is 503 g/mol. The van der Waals surface area contributed by atoms with Crippen molar-refractivity contribution in [3.8, 4) is 5.75 Å². The van der Waals surface area contributed by atoms with Gasteiger partial charge in [-0.15, -0.1) is 0 Å². The van der Waals surface area contributed by atoms with Crippen LogP contribution in [0.15, 0.2) is 17.7 Å². The number of carbonyl (C=O) groups is 2. The summed E-state index contributed by atoms with van der Waals surface area (Å²) < 4.78 is 51.5. The fourth-order valence-corrected chi connectivity index (χ4v) is 3.97. The molecule has 0 fully saturated rings. The van der Waals surface area contributed by atoms with E-state index < -0.39 is 41.2 Å². The fraction of sp³-hybridized carbons (Fsp3) is 0.522. The van der Waals surface area contributed by atoms with Crippen LogP contribution in [-0.4, -0.2) is 43.1 Å². The van der Waals surface area contributed by atoms with Crippen LogP contribution >= 0.6 is 11.6 Å². The number of methoxy groups -OCH3 is 1. The Kier molecular flexibility index (Phi) is 8.63. The van der Waals surface area contributed by atoms with Gasteiger partial charge in [0.05, 0.1) is 18.5 Å². The number of amidine groups is 1. The Bertz CT molecular complexity index is 987. The zero-order chi connectivity index (χ0) is 25.8. The number of esters is 1. The Labute approximate surface area is 201 Å². The van der Waals surface area contributed by atoms with Crippen LogP contribution in [0.5, 0.6) is 5.75 Å². The van der Waals surface area contributed by atoms with Crippen molar-refractivity contribution in [2.24, 2.45) is 5.73 Å². The third-order valence-electron chi connectivity index (χ3n) is 5.29. The number of halogens is 4. The van der Waals surface area contributed by atoms with E-state index in [4.69, 9.17) is 27.5 Å². The highest BCUT2D eigenvalue weighted by Crippen LogP contribution is 2.42. The maximum atomic E-state index is 13.9. The molecule has 11 heteroatoms. The number of benzene rings is 1. The zero-order valence-electron chi connectivity index (χ0n) is 19.4. The number of alkyl halides is 3. The molecular weight excluding hydrogens is 475 g/mol. The number of ether oxygens (including phenoxy) is 2. The van der Waals surface area contributed by atoms with Crippen molar-refractivity contribution in [2.45, 2.75) is 70.2 Å². The number of amides is 1. The number of hydrogen-bond acceptors (Lipinski definition) is 5. The van der Waals surface area contributed by atoms with Crippen LogP contribution in [0.3, 0.4) is 0 Å². The minimum absolute atomic E-state index is 0.0249. The van der Waals surface area contributed by atoms with Crippen LogP contribution in [0.4, 0.5) is 13.2 Å². The molecule has 0 saturated heterocycles. The molecule has 2 rings (SSSR count). The van der Waals surface area contributed by atoms with E-state index in [1.807, 2.05) is 20.8 Å². The Balaban J connectivity index is 2.37. The lowest BCUT2D eigenvalue weighted by Gasteiger charge is -2.31. The van der Waals surface area contributed by atoms with Crippen molar-refractivity contribution in [1.29, 1.82) is 5.41 Å². The summed E-state index contributed by atoms with van der Waals surface area (Å²) in [7, 11) is 1.11. The summed E-state index contributed by atoms with van der Waals surface area (Å²) in [5.74, 6) is -1.97. The summed E-state index contributed by atoms with van der Waals surface area (Å²) in [4.78, 5) is 25.0. The second-order valence-corrected chi connectivity index (χ2v) is 9.49. The Morgan fingerprint density at radius 2 is 1.91 bits per heavy atom. The molecule has 1 aliphatic rings. The highest BCUT2D eigenvalue weighted by atomic mass is 35.5. The smallest absolute Gasteiger partial charge is 0.429 e. The number of nitrogens with one attached hydrogen (secondary N) is 2. The number of fused-ring (bicyclic) bond motifs is 1. The van der Waals surface area contributed by atoms with Crippen LogP contribution in [0.25, 0.3) is 6.08 Å². The minimum atomic E-state index is -4.88. The third-order valence-corrected chi connectivity index (χ3v) is 5.60. The zero-order valence-corrected chi connectivity index (χ0v) is 20.2. The normalized spacial score (nSPS) is 16.6. The van der Waals surface area contributed by atoms with Gasteiger partial charge in [0.2, 0.25) is 6.10 Å². The lowest BCUT2D eigenvalue weighted by Crippen LogP contribution is -2.48. The van der Waals surface area contributed by atoms with Gasteiger partial charge in [0.15, 0.2) is 0 Å². The van der Waals surface area contributed by atoms with E-state index in [2.05, 4.69) is 10.1 Å². The van der Waals surface area contributed by atoms with E-state index in [0.29, 0.717) is 29.8 Å². The van der Waals surface area contributed by atoms with E-state index in [1.165, 1.54) is 12.1 Å². The van der Waals surface area contributed by atoms with Crippen LogP contribution in [0.1, 0.15) is 57.6 Å². The number of hydrogen-bond donors (Lipinski definition) is 3.